The van der Waals surface area contributed by atoms with Crippen LogP contribution in [0, 0.1) is 0 Å². The second kappa shape index (κ2) is 4.34. The number of hydrogen-bond acceptors (Lipinski definition) is 3. The van der Waals surface area contributed by atoms with Gasteiger partial charge in [-0.25, -0.2) is 0 Å². The molecule has 0 amide bonds. The number of rotatable bonds is 3. The lowest BCUT2D eigenvalue weighted by atomic mass is 10.1. The monoisotopic (exact) mass is 217 g/mol. The highest BCUT2D eigenvalue weighted by Gasteiger charge is 2.20. The van der Waals surface area contributed by atoms with Crippen molar-refractivity contribution in [3.8, 4) is 0 Å². The molecule has 0 spiro atoms. The molecule has 0 radical (unpaired) electrons. The summed E-state index contributed by atoms with van der Waals surface area (Å²) >= 11 is 0. The molecule has 16 heavy (non-hydrogen) atoms. The first kappa shape index (κ1) is 9.97. The molecule has 2 aliphatic heterocycles. The van der Waals surface area contributed by atoms with Gasteiger partial charge in [0, 0.05) is 26.2 Å². The molecule has 1 aromatic carbocycles. The molecule has 1 aromatic rings. The Balaban J connectivity index is 1.78. The molecule has 2 aliphatic rings. The third-order valence-electron chi connectivity index (χ3n) is 3.49. The number of anilines is 2. The maximum absolute atomic E-state index is 3.62. The average molecular weight is 217 g/mol. The van der Waals surface area contributed by atoms with Crippen LogP contribution in [0.1, 0.15) is 12.8 Å². The van der Waals surface area contributed by atoms with E-state index in [1.807, 2.05) is 0 Å². The largest absolute Gasteiger partial charge is 0.378 e. The van der Waals surface area contributed by atoms with Crippen LogP contribution >= 0.6 is 0 Å². The fraction of sp³-hybridized carbons (Fsp3) is 0.538. The lowest BCUT2D eigenvalue weighted by molar-refractivity contribution is 0.472. The Morgan fingerprint density at radius 2 is 1.88 bits per heavy atom. The highest BCUT2D eigenvalue weighted by molar-refractivity contribution is 5.70. The Bertz CT molecular complexity index is 354. The molecule has 2 heterocycles. The molecule has 0 aliphatic carbocycles. The van der Waals surface area contributed by atoms with E-state index < -0.39 is 0 Å². The second-order valence-electron chi connectivity index (χ2n) is 4.71. The van der Waals surface area contributed by atoms with Gasteiger partial charge in [-0.1, -0.05) is 12.1 Å². The molecule has 0 saturated carbocycles. The van der Waals surface area contributed by atoms with E-state index in [4.69, 9.17) is 0 Å². The molecule has 3 nitrogen and oxygen atoms in total. The minimum Gasteiger partial charge on any atom is -0.378 e. The zero-order valence-corrected chi connectivity index (χ0v) is 9.58. The summed E-state index contributed by atoms with van der Waals surface area (Å²) in [4.78, 5) is 2.49. The van der Waals surface area contributed by atoms with Crippen molar-refractivity contribution in [2.24, 2.45) is 0 Å². The van der Waals surface area contributed by atoms with Crippen molar-refractivity contribution in [3.05, 3.63) is 24.3 Å². The highest BCUT2D eigenvalue weighted by Crippen LogP contribution is 2.29. The lowest BCUT2D eigenvalue weighted by Crippen LogP contribution is -2.51. The smallest absolute Gasteiger partial charge is 0.0602 e. The van der Waals surface area contributed by atoms with Crippen LogP contribution < -0.4 is 15.5 Å². The van der Waals surface area contributed by atoms with Crippen molar-refractivity contribution in [2.45, 2.75) is 18.9 Å². The Hall–Kier alpha value is -1.22. The third kappa shape index (κ3) is 1.87. The van der Waals surface area contributed by atoms with Gasteiger partial charge in [0.15, 0.2) is 0 Å². The Morgan fingerprint density at radius 1 is 1.12 bits per heavy atom. The van der Waals surface area contributed by atoms with Crippen LogP contribution in [-0.4, -0.2) is 32.2 Å². The minimum atomic E-state index is 0.615. The van der Waals surface area contributed by atoms with Crippen LogP contribution in [0.3, 0.4) is 0 Å². The number of hydrogen-bond donors (Lipinski definition) is 2. The number of para-hydroxylation sites is 2. The summed E-state index contributed by atoms with van der Waals surface area (Å²) < 4.78 is 0. The first-order chi connectivity index (χ1) is 7.93. The van der Waals surface area contributed by atoms with E-state index in [1.54, 1.807) is 0 Å². The quantitative estimate of drug-likeness (QED) is 0.806. The summed E-state index contributed by atoms with van der Waals surface area (Å²) in [6, 6.07) is 9.31. The van der Waals surface area contributed by atoms with Gasteiger partial charge in [-0.05, 0) is 25.0 Å². The Kier molecular flexibility index (Phi) is 2.70. The molecule has 3 heteroatoms. The van der Waals surface area contributed by atoms with Crippen molar-refractivity contribution >= 4 is 11.4 Å². The Morgan fingerprint density at radius 3 is 2.56 bits per heavy atom. The summed E-state index contributed by atoms with van der Waals surface area (Å²) in [6.07, 6.45) is 2.67. The number of nitrogens with one attached hydrogen (secondary N) is 2. The standard InChI is InChI=1S/C13H19N3/c1-2-6-13(16-7-3-4-8-16)12(5-1)15-11-9-14-10-11/h1-2,5-6,11,14-15H,3-4,7-10H2. The molecule has 0 unspecified atom stereocenters. The van der Waals surface area contributed by atoms with Crippen LogP contribution in [-0.2, 0) is 0 Å². The molecular formula is C13H19N3. The summed E-state index contributed by atoms with van der Waals surface area (Å²) in [5, 5.41) is 6.91. The molecule has 2 saturated heterocycles. The van der Waals surface area contributed by atoms with Crippen LogP contribution in [0.5, 0.6) is 0 Å². The fourth-order valence-corrected chi connectivity index (χ4v) is 2.44. The van der Waals surface area contributed by atoms with Crippen molar-refractivity contribution in [3.63, 3.8) is 0 Å². The van der Waals surface area contributed by atoms with Crippen LogP contribution in [0.2, 0.25) is 0 Å². The highest BCUT2D eigenvalue weighted by atomic mass is 15.2. The Labute approximate surface area is 96.8 Å². The maximum Gasteiger partial charge on any atom is 0.0602 e. The summed E-state index contributed by atoms with van der Waals surface area (Å²) in [7, 11) is 0. The van der Waals surface area contributed by atoms with Gasteiger partial charge in [-0.2, -0.15) is 0 Å². The normalized spacial score (nSPS) is 20.9. The molecule has 86 valence electrons. The van der Waals surface area contributed by atoms with E-state index in [-0.39, 0.29) is 0 Å². The summed E-state index contributed by atoms with van der Waals surface area (Å²) in [6.45, 7) is 4.60. The lowest BCUT2D eigenvalue weighted by Gasteiger charge is -2.31. The van der Waals surface area contributed by atoms with Crippen molar-refractivity contribution in [1.29, 1.82) is 0 Å². The van der Waals surface area contributed by atoms with Crippen molar-refractivity contribution in [2.75, 3.05) is 36.4 Å². The zero-order valence-electron chi connectivity index (χ0n) is 9.58. The van der Waals surface area contributed by atoms with Gasteiger partial charge in [-0.3, -0.25) is 0 Å². The van der Waals surface area contributed by atoms with Gasteiger partial charge in [0.05, 0.1) is 17.4 Å². The average Bonchev–Trinajstić information content (AvgIpc) is 2.77. The molecule has 0 bridgehead atoms. The topological polar surface area (TPSA) is 27.3 Å². The van der Waals surface area contributed by atoms with E-state index in [0.717, 1.165) is 13.1 Å². The van der Waals surface area contributed by atoms with E-state index in [9.17, 15) is 0 Å². The first-order valence-electron chi connectivity index (χ1n) is 6.25. The van der Waals surface area contributed by atoms with Gasteiger partial charge >= 0.3 is 0 Å². The number of nitrogens with zero attached hydrogens (tertiary/aromatic N) is 1. The van der Waals surface area contributed by atoms with Crippen molar-refractivity contribution < 1.29 is 0 Å². The fourth-order valence-electron chi connectivity index (χ4n) is 2.44. The predicted octanol–water partition coefficient (Wildman–Crippen LogP) is 1.67. The number of benzene rings is 1. The van der Waals surface area contributed by atoms with Gasteiger partial charge in [0.25, 0.3) is 0 Å². The predicted molar refractivity (Wildman–Crippen MR) is 68.2 cm³/mol. The zero-order chi connectivity index (χ0) is 10.8. The van der Waals surface area contributed by atoms with E-state index in [0.29, 0.717) is 6.04 Å². The molecule has 0 atom stereocenters. The minimum absolute atomic E-state index is 0.615. The second-order valence-corrected chi connectivity index (χ2v) is 4.71. The van der Waals surface area contributed by atoms with Gasteiger partial charge in [0.1, 0.15) is 0 Å². The first-order valence-corrected chi connectivity index (χ1v) is 6.25. The summed E-state index contributed by atoms with van der Waals surface area (Å²) in [5.74, 6) is 0. The van der Waals surface area contributed by atoms with Crippen LogP contribution in [0.15, 0.2) is 24.3 Å². The van der Waals surface area contributed by atoms with E-state index in [2.05, 4.69) is 39.8 Å². The maximum atomic E-state index is 3.62. The van der Waals surface area contributed by atoms with Gasteiger partial charge in [-0.15, -0.1) is 0 Å². The molecule has 3 rings (SSSR count). The molecule has 2 N–H and O–H groups in total. The molecular weight excluding hydrogens is 198 g/mol. The van der Waals surface area contributed by atoms with Crippen LogP contribution in [0.25, 0.3) is 0 Å². The van der Waals surface area contributed by atoms with Gasteiger partial charge < -0.3 is 15.5 Å². The molecule has 0 aromatic heterocycles. The molecule has 2 fully saturated rings. The third-order valence-corrected chi connectivity index (χ3v) is 3.49. The van der Waals surface area contributed by atoms with E-state index in [1.165, 1.54) is 37.3 Å². The van der Waals surface area contributed by atoms with Crippen molar-refractivity contribution in [1.82, 2.24) is 5.32 Å². The van der Waals surface area contributed by atoms with Gasteiger partial charge in [0.2, 0.25) is 0 Å². The summed E-state index contributed by atoms with van der Waals surface area (Å²) in [5.41, 5.74) is 2.68. The SMILES string of the molecule is c1ccc(N2CCCC2)c(NC2CNC2)c1. The van der Waals surface area contributed by atoms with E-state index >= 15 is 0 Å². The van der Waals surface area contributed by atoms with Crippen LogP contribution in [0.4, 0.5) is 11.4 Å².